The number of hydrogen-bond donors (Lipinski definition) is 0. The topological polar surface area (TPSA) is 39.5 Å². The summed E-state index contributed by atoms with van der Waals surface area (Å²) in [4.78, 5) is 5.14. The predicted octanol–water partition coefficient (Wildman–Crippen LogP) is 4.16. The first-order chi connectivity index (χ1) is 14.3. The lowest BCUT2D eigenvalue weighted by molar-refractivity contribution is 0.0334. The number of piperidine rings is 1. The molecule has 2 aromatic carbocycles. The fraction of sp³-hybridized carbons (Fsp3) is 0.480. The van der Waals surface area contributed by atoms with E-state index in [4.69, 9.17) is 4.74 Å². The Bertz CT molecular complexity index is 813. The number of benzene rings is 2. The fourth-order valence-electron chi connectivity index (χ4n) is 4.50. The highest BCUT2D eigenvalue weighted by atomic mass is 16.5. The fourth-order valence-corrected chi connectivity index (χ4v) is 4.50. The molecule has 0 amide bonds. The van der Waals surface area contributed by atoms with E-state index in [1.165, 1.54) is 44.5 Å². The van der Waals surface area contributed by atoms with Gasteiger partial charge in [0.2, 0.25) is 0 Å². The van der Waals surface area contributed by atoms with Gasteiger partial charge in [0.15, 0.2) is 0 Å². The maximum Gasteiger partial charge on any atom is 0.0998 e. The van der Waals surface area contributed by atoms with Crippen LogP contribution in [0.5, 0.6) is 0 Å². The average molecular weight is 390 g/mol. The second-order valence-electron chi connectivity index (χ2n) is 8.32. The molecule has 2 aliphatic heterocycles. The van der Waals surface area contributed by atoms with Gasteiger partial charge in [0.25, 0.3) is 0 Å². The highest BCUT2D eigenvalue weighted by molar-refractivity contribution is 5.70. The van der Waals surface area contributed by atoms with Gasteiger partial charge in [-0.1, -0.05) is 42.5 Å². The molecule has 0 N–H and O–H groups in total. The molecule has 4 nitrogen and oxygen atoms in total. The van der Waals surface area contributed by atoms with E-state index in [1.54, 1.807) is 0 Å². The summed E-state index contributed by atoms with van der Waals surface area (Å²) in [5.74, 6) is 0.874. The van der Waals surface area contributed by atoms with Crippen molar-refractivity contribution in [1.82, 2.24) is 9.80 Å². The van der Waals surface area contributed by atoms with Crippen LogP contribution in [0.4, 0.5) is 0 Å². The van der Waals surface area contributed by atoms with Crippen LogP contribution in [0.15, 0.2) is 48.5 Å². The summed E-state index contributed by atoms with van der Waals surface area (Å²) in [5.41, 5.74) is 4.23. The molecule has 2 aliphatic rings. The summed E-state index contributed by atoms with van der Waals surface area (Å²) in [7, 11) is 0. The molecule has 29 heavy (non-hydrogen) atoms. The molecular formula is C25H31N3O. The Labute approximate surface area is 174 Å². The van der Waals surface area contributed by atoms with Crippen molar-refractivity contribution in [2.24, 2.45) is 5.92 Å². The van der Waals surface area contributed by atoms with Crippen molar-refractivity contribution >= 4 is 0 Å². The van der Waals surface area contributed by atoms with E-state index in [9.17, 15) is 5.26 Å². The maximum absolute atomic E-state index is 9.32. The second-order valence-corrected chi connectivity index (χ2v) is 8.32. The normalized spacial score (nSPS) is 19.1. The van der Waals surface area contributed by atoms with E-state index < -0.39 is 0 Å². The van der Waals surface area contributed by atoms with Gasteiger partial charge in [-0.15, -0.1) is 0 Å². The molecule has 2 aromatic rings. The molecule has 0 aromatic heterocycles. The first-order valence-corrected chi connectivity index (χ1v) is 10.9. The number of nitriles is 1. The molecule has 0 unspecified atom stereocenters. The van der Waals surface area contributed by atoms with Gasteiger partial charge in [-0.05, 0) is 67.6 Å². The molecule has 2 fully saturated rings. The largest absolute Gasteiger partial charge is 0.379 e. The Morgan fingerprint density at radius 3 is 2.34 bits per heavy atom. The summed E-state index contributed by atoms with van der Waals surface area (Å²) in [6, 6.07) is 18.8. The quantitative estimate of drug-likeness (QED) is 0.744. The zero-order valence-corrected chi connectivity index (χ0v) is 17.2. The number of ether oxygens (including phenoxy) is 1. The van der Waals surface area contributed by atoms with Crippen LogP contribution >= 0.6 is 0 Å². The third-order valence-electron chi connectivity index (χ3n) is 6.38. The highest BCUT2D eigenvalue weighted by Crippen LogP contribution is 2.25. The van der Waals surface area contributed by atoms with Crippen molar-refractivity contribution in [3.8, 4) is 17.2 Å². The van der Waals surface area contributed by atoms with E-state index >= 15 is 0 Å². The van der Waals surface area contributed by atoms with Gasteiger partial charge >= 0.3 is 0 Å². The van der Waals surface area contributed by atoms with Gasteiger partial charge in [0.05, 0.1) is 24.8 Å². The molecule has 152 valence electrons. The van der Waals surface area contributed by atoms with E-state index in [0.29, 0.717) is 0 Å². The van der Waals surface area contributed by atoms with Crippen molar-refractivity contribution in [2.75, 3.05) is 45.9 Å². The van der Waals surface area contributed by atoms with E-state index in [0.717, 1.165) is 55.5 Å². The van der Waals surface area contributed by atoms with Gasteiger partial charge in [-0.2, -0.15) is 5.26 Å². The van der Waals surface area contributed by atoms with Gasteiger partial charge in [-0.25, -0.2) is 0 Å². The third-order valence-corrected chi connectivity index (χ3v) is 6.38. The van der Waals surface area contributed by atoms with Crippen LogP contribution in [-0.2, 0) is 11.3 Å². The minimum Gasteiger partial charge on any atom is -0.379 e. The number of likely N-dealkylation sites (tertiary alicyclic amines) is 1. The van der Waals surface area contributed by atoms with Gasteiger partial charge in [0.1, 0.15) is 0 Å². The van der Waals surface area contributed by atoms with Crippen LogP contribution in [0.25, 0.3) is 11.1 Å². The average Bonchev–Trinajstić information content (AvgIpc) is 2.80. The highest BCUT2D eigenvalue weighted by Gasteiger charge is 2.20. The molecule has 0 saturated carbocycles. The van der Waals surface area contributed by atoms with E-state index in [1.807, 2.05) is 24.3 Å². The number of nitrogens with zero attached hydrogens (tertiary/aromatic N) is 3. The zero-order valence-electron chi connectivity index (χ0n) is 17.2. The molecule has 0 atom stereocenters. The lowest BCUT2D eigenvalue weighted by Crippen LogP contribution is -2.39. The minimum atomic E-state index is 0.736. The Morgan fingerprint density at radius 1 is 0.897 bits per heavy atom. The van der Waals surface area contributed by atoms with Crippen LogP contribution in [0.3, 0.4) is 0 Å². The van der Waals surface area contributed by atoms with Gasteiger partial charge in [-0.3, -0.25) is 9.80 Å². The molecule has 2 heterocycles. The maximum atomic E-state index is 9.32. The summed E-state index contributed by atoms with van der Waals surface area (Å²) in [6.07, 6.45) is 3.97. The molecule has 0 aliphatic carbocycles. The Kier molecular flexibility index (Phi) is 6.95. The number of rotatable bonds is 6. The molecule has 0 radical (unpaired) electrons. The van der Waals surface area contributed by atoms with Crippen molar-refractivity contribution in [1.29, 1.82) is 5.26 Å². The predicted molar refractivity (Wildman–Crippen MR) is 116 cm³/mol. The molecule has 0 spiro atoms. The van der Waals surface area contributed by atoms with Gasteiger partial charge in [0, 0.05) is 19.6 Å². The summed E-state index contributed by atoms with van der Waals surface area (Å²) in [6.45, 7) is 8.68. The number of hydrogen-bond acceptors (Lipinski definition) is 4. The summed E-state index contributed by atoms with van der Waals surface area (Å²) in [5, 5.41) is 9.32. The summed E-state index contributed by atoms with van der Waals surface area (Å²) < 4.78 is 5.44. The second kappa shape index (κ2) is 10.0. The smallest absolute Gasteiger partial charge is 0.0998 e. The summed E-state index contributed by atoms with van der Waals surface area (Å²) >= 11 is 0. The van der Waals surface area contributed by atoms with Crippen LogP contribution in [-0.4, -0.2) is 55.7 Å². The molecule has 0 bridgehead atoms. The standard InChI is InChI=1S/C25H31N3O/c26-19-24-3-1-2-4-25(24)23-7-5-22(6-8-23)20-28-13-10-21(11-14-28)9-12-27-15-17-29-18-16-27/h1-8,21H,9-18,20H2. The van der Waals surface area contributed by atoms with E-state index in [2.05, 4.69) is 40.1 Å². The van der Waals surface area contributed by atoms with Crippen molar-refractivity contribution in [3.63, 3.8) is 0 Å². The Morgan fingerprint density at radius 2 is 1.62 bits per heavy atom. The third kappa shape index (κ3) is 5.45. The SMILES string of the molecule is N#Cc1ccccc1-c1ccc(CN2CCC(CCN3CCOCC3)CC2)cc1. The zero-order chi connectivity index (χ0) is 19.9. The monoisotopic (exact) mass is 389 g/mol. The van der Waals surface area contributed by atoms with Crippen molar-refractivity contribution in [2.45, 2.75) is 25.8 Å². The van der Waals surface area contributed by atoms with Gasteiger partial charge < -0.3 is 4.74 Å². The Balaban J connectivity index is 1.25. The molecule has 2 saturated heterocycles. The number of morpholine rings is 1. The first-order valence-electron chi connectivity index (χ1n) is 10.9. The van der Waals surface area contributed by atoms with E-state index in [-0.39, 0.29) is 0 Å². The van der Waals surface area contributed by atoms with Crippen molar-refractivity contribution in [3.05, 3.63) is 59.7 Å². The molecule has 4 rings (SSSR count). The molecule has 4 heteroatoms. The first kappa shape index (κ1) is 20.1. The van der Waals surface area contributed by atoms with Crippen molar-refractivity contribution < 1.29 is 4.74 Å². The lowest BCUT2D eigenvalue weighted by atomic mass is 9.93. The Hall–Kier alpha value is -2.19. The van der Waals surface area contributed by atoms with Crippen LogP contribution in [0, 0.1) is 17.2 Å². The van der Waals surface area contributed by atoms with Crippen LogP contribution < -0.4 is 0 Å². The minimum absolute atomic E-state index is 0.736. The van der Waals surface area contributed by atoms with Crippen LogP contribution in [0.2, 0.25) is 0 Å². The lowest BCUT2D eigenvalue weighted by Gasteiger charge is -2.34. The molecular weight excluding hydrogens is 358 g/mol. The van der Waals surface area contributed by atoms with Crippen LogP contribution in [0.1, 0.15) is 30.4 Å².